The SMILES string of the molecule is C=CCN(C)CCCCCCOc1ccc(C(=NO)c2ccc(Br)cc2)c(F)c1. The van der Waals surface area contributed by atoms with Crippen LogP contribution in [0.25, 0.3) is 0 Å². The maximum Gasteiger partial charge on any atom is 0.136 e. The Balaban J connectivity index is 1.82. The minimum Gasteiger partial charge on any atom is -0.493 e. The van der Waals surface area contributed by atoms with E-state index >= 15 is 0 Å². The summed E-state index contributed by atoms with van der Waals surface area (Å²) in [5.41, 5.74) is 1.04. The van der Waals surface area contributed by atoms with Crippen molar-refractivity contribution in [3.63, 3.8) is 0 Å². The number of nitrogens with zero attached hydrogens (tertiary/aromatic N) is 2. The highest BCUT2D eigenvalue weighted by Gasteiger charge is 2.14. The summed E-state index contributed by atoms with van der Waals surface area (Å²) in [6, 6.07) is 11.8. The number of hydrogen-bond acceptors (Lipinski definition) is 4. The molecule has 2 aromatic rings. The molecule has 2 aromatic carbocycles. The lowest BCUT2D eigenvalue weighted by Crippen LogP contribution is -2.19. The minimum absolute atomic E-state index is 0.183. The molecule has 0 atom stereocenters. The molecule has 2 rings (SSSR count). The zero-order valence-corrected chi connectivity index (χ0v) is 18.4. The molecule has 6 heteroatoms. The van der Waals surface area contributed by atoms with Crippen LogP contribution in [-0.4, -0.2) is 42.6 Å². The van der Waals surface area contributed by atoms with Gasteiger partial charge in [-0.1, -0.05) is 52.1 Å². The largest absolute Gasteiger partial charge is 0.493 e. The van der Waals surface area contributed by atoms with Gasteiger partial charge in [-0.3, -0.25) is 0 Å². The van der Waals surface area contributed by atoms with Crippen LogP contribution in [-0.2, 0) is 0 Å². The molecule has 0 aromatic heterocycles. The molecule has 0 heterocycles. The predicted molar refractivity (Wildman–Crippen MR) is 120 cm³/mol. The summed E-state index contributed by atoms with van der Waals surface area (Å²) < 4.78 is 21.1. The summed E-state index contributed by atoms with van der Waals surface area (Å²) in [6.07, 6.45) is 6.20. The van der Waals surface area contributed by atoms with Gasteiger partial charge in [-0.15, -0.1) is 6.58 Å². The van der Waals surface area contributed by atoms with Gasteiger partial charge < -0.3 is 14.8 Å². The number of ether oxygens (including phenoxy) is 1. The van der Waals surface area contributed by atoms with E-state index in [1.165, 1.54) is 6.07 Å². The lowest BCUT2D eigenvalue weighted by molar-refractivity contribution is 0.299. The fraction of sp³-hybridized carbons (Fsp3) is 0.348. The molecule has 0 amide bonds. The molecule has 0 aliphatic heterocycles. The van der Waals surface area contributed by atoms with Crippen LogP contribution in [0, 0.1) is 5.82 Å². The number of hydrogen-bond donors (Lipinski definition) is 1. The Kier molecular flexibility index (Phi) is 9.88. The van der Waals surface area contributed by atoms with Crippen molar-refractivity contribution in [2.24, 2.45) is 5.16 Å². The topological polar surface area (TPSA) is 45.1 Å². The van der Waals surface area contributed by atoms with Crippen molar-refractivity contribution in [2.75, 3.05) is 26.7 Å². The second-order valence-corrected chi connectivity index (χ2v) is 7.83. The highest BCUT2D eigenvalue weighted by molar-refractivity contribution is 9.10. The molecule has 1 N–H and O–H groups in total. The van der Waals surface area contributed by atoms with E-state index in [1.54, 1.807) is 24.3 Å². The molecule has 0 saturated heterocycles. The van der Waals surface area contributed by atoms with Gasteiger partial charge >= 0.3 is 0 Å². The van der Waals surface area contributed by atoms with Crippen LogP contribution in [0.5, 0.6) is 5.75 Å². The van der Waals surface area contributed by atoms with Crippen LogP contribution in [0.2, 0.25) is 0 Å². The lowest BCUT2D eigenvalue weighted by atomic mass is 10.0. The van der Waals surface area contributed by atoms with Gasteiger partial charge in [0, 0.05) is 28.2 Å². The molecule has 0 aliphatic rings. The van der Waals surface area contributed by atoms with Crippen LogP contribution in [0.1, 0.15) is 36.8 Å². The van der Waals surface area contributed by atoms with Gasteiger partial charge in [0.25, 0.3) is 0 Å². The van der Waals surface area contributed by atoms with Gasteiger partial charge in [0.15, 0.2) is 0 Å². The monoisotopic (exact) mass is 462 g/mol. The number of benzene rings is 2. The van der Waals surface area contributed by atoms with Crippen LogP contribution in [0.4, 0.5) is 4.39 Å². The molecule has 0 bridgehead atoms. The molecule has 0 radical (unpaired) electrons. The standard InChI is InChI=1S/C23H28BrFN2O2/c1-3-14-27(2)15-6-4-5-7-16-29-20-12-13-21(22(25)17-20)23(26-28)18-8-10-19(24)11-9-18/h3,8-13,17,28H,1,4-7,14-16H2,2H3. The first kappa shape index (κ1) is 23.1. The quantitative estimate of drug-likeness (QED) is 0.141. The molecule has 0 saturated carbocycles. The molecular formula is C23H28BrFN2O2. The smallest absolute Gasteiger partial charge is 0.136 e. The van der Waals surface area contributed by atoms with E-state index in [2.05, 4.69) is 39.6 Å². The second kappa shape index (κ2) is 12.4. The lowest BCUT2D eigenvalue weighted by Gasteiger charge is -2.13. The highest BCUT2D eigenvalue weighted by atomic mass is 79.9. The Hall–Kier alpha value is -2.18. The first-order valence-corrected chi connectivity index (χ1v) is 10.5. The number of unbranched alkanes of at least 4 members (excludes halogenated alkanes) is 3. The Morgan fingerprint density at radius 1 is 1.17 bits per heavy atom. The third kappa shape index (κ3) is 7.63. The number of halogens is 2. The average molecular weight is 463 g/mol. The summed E-state index contributed by atoms with van der Waals surface area (Å²) in [6.45, 7) is 6.26. The molecule has 0 unspecified atom stereocenters. The summed E-state index contributed by atoms with van der Waals surface area (Å²) in [4.78, 5) is 2.24. The number of rotatable bonds is 12. The van der Waals surface area contributed by atoms with Crippen molar-refractivity contribution < 1.29 is 14.3 Å². The minimum atomic E-state index is -0.483. The van der Waals surface area contributed by atoms with Crippen LogP contribution < -0.4 is 4.74 Å². The van der Waals surface area contributed by atoms with E-state index in [9.17, 15) is 9.60 Å². The zero-order valence-electron chi connectivity index (χ0n) is 16.8. The van der Waals surface area contributed by atoms with Crippen molar-refractivity contribution in [2.45, 2.75) is 25.7 Å². The number of oxime groups is 1. The summed E-state index contributed by atoms with van der Waals surface area (Å²) in [5.74, 6) is -0.00598. The summed E-state index contributed by atoms with van der Waals surface area (Å²) >= 11 is 3.35. The first-order valence-electron chi connectivity index (χ1n) is 9.75. The Morgan fingerprint density at radius 3 is 2.55 bits per heavy atom. The molecule has 4 nitrogen and oxygen atoms in total. The first-order chi connectivity index (χ1) is 14.0. The Bertz CT molecular complexity index is 809. The highest BCUT2D eigenvalue weighted by Crippen LogP contribution is 2.21. The van der Waals surface area contributed by atoms with E-state index in [0.717, 1.165) is 43.2 Å². The fourth-order valence-corrected chi connectivity index (χ4v) is 3.26. The third-order valence-corrected chi connectivity index (χ3v) is 5.09. The van der Waals surface area contributed by atoms with Crippen LogP contribution >= 0.6 is 15.9 Å². The van der Waals surface area contributed by atoms with E-state index in [-0.39, 0.29) is 11.3 Å². The molecule has 156 valence electrons. The fourth-order valence-electron chi connectivity index (χ4n) is 2.99. The van der Waals surface area contributed by atoms with E-state index in [0.29, 0.717) is 17.9 Å². The maximum absolute atomic E-state index is 14.6. The van der Waals surface area contributed by atoms with Crippen LogP contribution in [0.15, 0.2) is 64.7 Å². The van der Waals surface area contributed by atoms with Gasteiger partial charge in [0.2, 0.25) is 0 Å². The van der Waals surface area contributed by atoms with Gasteiger partial charge in [-0.25, -0.2) is 4.39 Å². The molecule has 29 heavy (non-hydrogen) atoms. The molecule has 0 fully saturated rings. The van der Waals surface area contributed by atoms with Crippen molar-refractivity contribution in [1.82, 2.24) is 4.90 Å². The van der Waals surface area contributed by atoms with Crippen molar-refractivity contribution >= 4 is 21.6 Å². The normalized spacial score (nSPS) is 11.7. The average Bonchev–Trinajstić information content (AvgIpc) is 2.70. The number of likely N-dealkylation sites (N-methyl/N-ethyl adjacent to an activating group) is 1. The summed E-state index contributed by atoms with van der Waals surface area (Å²) in [7, 11) is 2.09. The van der Waals surface area contributed by atoms with Crippen molar-refractivity contribution in [1.29, 1.82) is 0 Å². The maximum atomic E-state index is 14.6. The zero-order chi connectivity index (χ0) is 21.1. The van der Waals surface area contributed by atoms with Crippen molar-refractivity contribution in [3.8, 4) is 5.75 Å². The van der Waals surface area contributed by atoms with E-state index in [4.69, 9.17) is 4.74 Å². The molecule has 0 aliphatic carbocycles. The summed E-state index contributed by atoms with van der Waals surface area (Å²) in [5, 5.41) is 12.7. The van der Waals surface area contributed by atoms with E-state index in [1.807, 2.05) is 18.2 Å². The van der Waals surface area contributed by atoms with E-state index < -0.39 is 5.82 Å². The predicted octanol–water partition coefficient (Wildman–Crippen LogP) is 5.87. The van der Waals surface area contributed by atoms with Crippen LogP contribution in [0.3, 0.4) is 0 Å². The van der Waals surface area contributed by atoms with Crippen molar-refractivity contribution in [3.05, 3.63) is 76.5 Å². The molecular weight excluding hydrogens is 435 g/mol. The third-order valence-electron chi connectivity index (χ3n) is 4.56. The Morgan fingerprint density at radius 2 is 1.90 bits per heavy atom. The molecule has 0 spiro atoms. The van der Waals surface area contributed by atoms with Gasteiger partial charge in [-0.2, -0.15) is 0 Å². The second-order valence-electron chi connectivity index (χ2n) is 6.91. The van der Waals surface area contributed by atoms with Gasteiger partial charge in [0.1, 0.15) is 17.3 Å². The Labute approximate surface area is 180 Å². The van der Waals surface area contributed by atoms with Gasteiger partial charge in [0.05, 0.1) is 6.61 Å². The van der Waals surface area contributed by atoms with Gasteiger partial charge in [-0.05, 0) is 50.7 Å².